The van der Waals surface area contributed by atoms with Crippen molar-refractivity contribution >= 4 is 15.8 Å². The molecule has 1 aromatic heterocycles. The van der Waals surface area contributed by atoms with Gasteiger partial charge in [0, 0.05) is 31.8 Å². The van der Waals surface area contributed by atoms with E-state index in [9.17, 15) is 21.6 Å². The molecule has 0 radical (unpaired) electrons. The Bertz CT molecular complexity index is 532. The first-order valence-electron chi connectivity index (χ1n) is 6.01. The maximum absolute atomic E-state index is 11.9. The van der Waals surface area contributed by atoms with E-state index in [2.05, 4.69) is 15.0 Å². The van der Waals surface area contributed by atoms with Crippen molar-refractivity contribution in [2.45, 2.75) is 30.8 Å². The predicted octanol–water partition coefficient (Wildman–Crippen LogP) is 2.13. The Morgan fingerprint density at radius 1 is 1.35 bits per heavy atom. The normalized spacial score (nSPS) is 12.4. The molecule has 0 atom stereocenters. The number of aromatic nitrogens is 1. The second-order valence-corrected chi connectivity index (χ2v) is 5.79. The number of rotatable bonds is 7. The van der Waals surface area contributed by atoms with Crippen LogP contribution in [0.1, 0.15) is 19.8 Å². The number of hydrogen-bond donors (Lipinski definition) is 2. The Morgan fingerprint density at radius 3 is 2.65 bits per heavy atom. The number of nitrogens with one attached hydrogen (secondary N) is 2. The molecule has 5 nitrogen and oxygen atoms in total. The maximum atomic E-state index is 11.9. The highest BCUT2D eigenvalue weighted by molar-refractivity contribution is 7.89. The fourth-order valence-electron chi connectivity index (χ4n) is 1.43. The summed E-state index contributed by atoms with van der Waals surface area (Å²) >= 11 is 0. The second kappa shape index (κ2) is 6.89. The zero-order chi connectivity index (χ0) is 15.2. The fraction of sp³-hybridized carbons (Fsp3) is 0.545. The number of nitrogens with zero attached hydrogens (tertiary/aromatic N) is 1. The van der Waals surface area contributed by atoms with E-state index < -0.39 is 22.6 Å². The molecular formula is C11H16F3N3O2S. The van der Waals surface area contributed by atoms with E-state index in [4.69, 9.17) is 0 Å². The maximum Gasteiger partial charge on any atom is 0.389 e. The van der Waals surface area contributed by atoms with E-state index in [-0.39, 0.29) is 17.9 Å². The average Bonchev–Trinajstić information content (AvgIpc) is 2.34. The number of alkyl halides is 3. The highest BCUT2D eigenvalue weighted by atomic mass is 32.2. The summed E-state index contributed by atoms with van der Waals surface area (Å²) in [5.74, 6) is 0.394. The Balaban J connectivity index is 2.62. The number of sulfonamides is 1. The molecule has 0 aliphatic heterocycles. The van der Waals surface area contributed by atoms with Crippen molar-refractivity contribution in [2.24, 2.45) is 0 Å². The van der Waals surface area contributed by atoms with Gasteiger partial charge < -0.3 is 5.32 Å². The van der Waals surface area contributed by atoms with Gasteiger partial charge in [-0.2, -0.15) is 13.2 Å². The molecule has 0 aliphatic rings. The Labute approximate surface area is 115 Å². The van der Waals surface area contributed by atoms with Crippen molar-refractivity contribution in [2.75, 3.05) is 18.4 Å². The molecule has 9 heteroatoms. The van der Waals surface area contributed by atoms with Crippen LogP contribution in [0.5, 0.6) is 0 Å². The highest BCUT2D eigenvalue weighted by Gasteiger charge is 2.26. The summed E-state index contributed by atoms with van der Waals surface area (Å²) in [5, 5.41) is 2.86. The molecule has 114 valence electrons. The number of hydrogen-bond acceptors (Lipinski definition) is 4. The zero-order valence-corrected chi connectivity index (χ0v) is 11.7. The minimum absolute atomic E-state index is 0.0320. The lowest BCUT2D eigenvalue weighted by Gasteiger charge is -2.09. The first-order valence-corrected chi connectivity index (χ1v) is 7.49. The third-order valence-corrected chi connectivity index (χ3v) is 3.79. The van der Waals surface area contributed by atoms with Gasteiger partial charge in [0.2, 0.25) is 10.0 Å². The first kappa shape index (κ1) is 16.7. The predicted molar refractivity (Wildman–Crippen MR) is 68.9 cm³/mol. The molecule has 1 rings (SSSR count). The molecular weight excluding hydrogens is 295 g/mol. The van der Waals surface area contributed by atoms with Gasteiger partial charge in [-0.1, -0.05) is 0 Å². The van der Waals surface area contributed by atoms with Crippen LogP contribution < -0.4 is 10.0 Å². The monoisotopic (exact) mass is 311 g/mol. The minimum atomic E-state index is -4.28. The van der Waals surface area contributed by atoms with Crippen LogP contribution in [0.25, 0.3) is 0 Å². The topological polar surface area (TPSA) is 71.1 Å². The second-order valence-electron chi connectivity index (χ2n) is 4.02. The van der Waals surface area contributed by atoms with E-state index in [1.165, 1.54) is 18.3 Å². The van der Waals surface area contributed by atoms with Gasteiger partial charge in [-0.05, 0) is 19.4 Å². The summed E-state index contributed by atoms with van der Waals surface area (Å²) in [6.07, 6.45) is -4.27. The van der Waals surface area contributed by atoms with Crippen molar-refractivity contribution in [3.8, 4) is 0 Å². The standard InChI is InChI=1S/C11H16F3N3O2S/c1-2-15-10-8-9(4-7-16-10)20(18,19)17-6-3-5-11(12,13)14/h4,7-8,17H,2-3,5-6H2,1H3,(H,15,16). The summed E-state index contributed by atoms with van der Waals surface area (Å²) in [6, 6.07) is 2.61. The fourth-order valence-corrected chi connectivity index (χ4v) is 2.52. The molecule has 0 fully saturated rings. The molecule has 0 unspecified atom stereocenters. The average molecular weight is 311 g/mol. The van der Waals surface area contributed by atoms with Crippen molar-refractivity contribution < 1.29 is 21.6 Å². The van der Waals surface area contributed by atoms with Gasteiger partial charge in [-0.25, -0.2) is 18.1 Å². The van der Waals surface area contributed by atoms with Crippen molar-refractivity contribution in [1.82, 2.24) is 9.71 Å². The van der Waals surface area contributed by atoms with Crippen LogP contribution in [0, 0.1) is 0 Å². The lowest BCUT2D eigenvalue weighted by molar-refractivity contribution is -0.135. The Hall–Kier alpha value is -1.35. The third-order valence-electron chi connectivity index (χ3n) is 2.33. The van der Waals surface area contributed by atoms with Crippen molar-refractivity contribution in [3.63, 3.8) is 0 Å². The van der Waals surface area contributed by atoms with Crippen LogP contribution in [0.4, 0.5) is 19.0 Å². The molecule has 0 saturated heterocycles. The van der Waals surface area contributed by atoms with E-state index in [0.717, 1.165) is 0 Å². The third kappa shape index (κ3) is 5.74. The molecule has 2 N–H and O–H groups in total. The summed E-state index contributed by atoms with van der Waals surface area (Å²) in [6.45, 7) is 2.15. The lowest BCUT2D eigenvalue weighted by Crippen LogP contribution is -2.26. The first-order chi connectivity index (χ1) is 9.24. The van der Waals surface area contributed by atoms with Crippen LogP contribution in [0.15, 0.2) is 23.2 Å². The quantitative estimate of drug-likeness (QED) is 0.757. The Morgan fingerprint density at radius 2 is 2.05 bits per heavy atom. The number of halogens is 3. The smallest absolute Gasteiger partial charge is 0.370 e. The van der Waals surface area contributed by atoms with Crippen LogP contribution >= 0.6 is 0 Å². The largest absolute Gasteiger partial charge is 0.389 e. The summed E-state index contributed by atoms with van der Waals surface area (Å²) in [5.41, 5.74) is 0. The molecule has 0 bridgehead atoms. The van der Waals surface area contributed by atoms with E-state index in [1.807, 2.05) is 6.92 Å². The number of pyridine rings is 1. The van der Waals surface area contributed by atoms with E-state index >= 15 is 0 Å². The van der Waals surface area contributed by atoms with E-state index in [1.54, 1.807) is 0 Å². The van der Waals surface area contributed by atoms with Crippen LogP contribution in [-0.2, 0) is 10.0 Å². The van der Waals surface area contributed by atoms with Gasteiger partial charge in [-0.3, -0.25) is 0 Å². The van der Waals surface area contributed by atoms with Gasteiger partial charge in [0.1, 0.15) is 5.82 Å². The van der Waals surface area contributed by atoms with Gasteiger partial charge >= 0.3 is 6.18 Å². The lowest BCUT2D eigenvalue weighted by atomic mass is 10.3. The van der Waals surface area contributed by atoms with Crippen molar-refractivity contribution in [1.29, 1.82) is 0 Å². The van der Waals surface area contributed by atoms with E-state index in [0.29, 0.717) is 12.4 Å². The van der Waals surface area contributed by atoms with Gasteiger partial charge in [0.25, 0.3) is 0 Å². The molecule has 1 heterocycles. The van der Waals surface area contributed by atoms with Crippen LogP contribution in [-0.4, -0.2) is 32.7 Å². The number of anilines is 1. The highest BCUT2D eigenvalue weighted by Crippen LogP contribution is 2.21. The summed E-state index contributed by atoms with van der Waals surface area (Å²) in [7, 11) is -3.82. The van der Waals surface area contributed by atoms with Gasteiger partial charge in [-0.15, -0.1) is 0 Å². The molecule has 0 amide bonds. The van der Waals surface area contributed by atoms with Crippen LogP contribution in [0.2, 0.25) is 0 Å². The molecule has 0 spiro atoms. The minimum Gasteiger partial charge on any atom is -0.370 e. The Kier molecular flexibility index (Phi) is 5.75. The molecule has 0 aliphatic carbocycles. The summed E-state index contributed by atoms with van der Waals surface area (Å²) < 4.78 is 61.7. The van der Waals surface area contributed by atoms with Gasteiger partial charge in [0.05, 0.1) is 4.90 Å². The van der Waals surface area contributed by atoms with Crippen molar-refractivity contribution in [3.05, 3.63) is 18.3 Å². The molecule has 20 heavy (non-hydrogen) atoms. The molecule has 0 aromatic carbocycles. The molecule has 1 aromatic rings. The van der Waals surface area contributed by atoms with Gasteiger partial charge in [0.15, 0.2) is 0 Å². The zero-order valence-electron chi connectivity index (χ0n) is 10.9. The summed E-state index contributed by atoms with van der Waals surface area (Å²) in [4.78, 5) is 3.89. The van der Waals surface area contributed by atoms with Crippen LogP contribution in [0.3, 0.4) is 0 Å². The SMILES string of the molecule is CCNc1cc(S(=O)(=O)NCCCC(F)(F)F)ccn1. The molecule has 0 saturated carbocycles.